The molecule has 3 rings (SSSR count). The first kappa shape index (κ1) is 18.8. The second-order valence-electron chi connectivity index (χ2n) is 6.20. The second-order valence-corrected chi connectivity index (χ2v) is 8.49. The zero-order valence-electron chi connectivity index (χ0n) is 14.0. The summed E-state index contributed by atoms with van der Waals surface area (Å²) >= 11 is 5.71. The zero-order valence-corrected chi connectivity index (χ0v) is 15.6. The van der Waals surface area contributed by atoms with Gasteiger partial charge in [-0.15, -0.1) is 0 Å². The van der Waals surface area contributed by atoms with Gasteiger partial charge in [0.25, 0.3) is 10.0 Å². The molecule has 1 aliphatic rings. The first-order valence-corrected chi connectivity index (χ1v) is 9.83. The van der Waals surface area contributed by atoms with Crippen molar-refractivity contribution in [2.45, 2.75) is 17.9 Å². The van der Waals surface area contributed by atoms with E-state index in [0.717, 1.165) is 6.07 Å². The fraction of sp³-hybridized carbons (Fsp3) is 0.375. The number of hydrogen-bond acceptors (Lipinski definition) is 4. The number of carbonyl (C=O) groups is 1. The molecule has 1 fully saturated rings. The van der Waals surface area contributed by atoms with Crippen LogP contribution in [0.15, 0.2) is 35.7 Å². The molecule has 1 aromatic heterocycles. The van der Waals surface area contributed by atoms with Gasteiger partial charge in [-0.25, -0.2) is 17.8 Å². The standard InChI is InChI=1S/C16H18ClFN4O3S/c1-21-9-15(19-10-21)26(24,25)22-6-2-3-11(8-22)16(23)20-12-4-5-14(18)13(17)7-12/h4-5,7,9-11H,2-3,6,8H2,1H3,(H,20,23). The number of piperidine rings is 1. The number of carbonyl (C=O) groups excluding carboxylic acids is 1. The second kappa shape index (κ2) is 7.34. The van der Waals surface area contributed by atoms with E-state index in [1.807, 2.05) is 0 Å². The molecule has 0 radical (unpaired) electrons. The summed E-state index contributed by atoms with van der Waals surface area (Å²) in [6.07, 6.45) is 3.97. The number of aromatic nitrogens is 2. The summed E-state index contributed by atoms with van der Waals surface area (Å²) in [5.41, 5.74) is 0.367. The summed E-state index contributed by atoms with van der Waals surface area (Å²) in [5, 5.41) is 2.54. The maximum absolute atomic E-state index is 13.2. The monoisotopic (exact) mass is 400 g/mol. The number of nitrogens with zero attached hydrogens (tertiary/aromatic N) is 3. The van der Waals surface area contributed by atoms with Gasteiger partial charge in [0.05, 0.1) is 17.3 Å². The summed E-state index contributed by atoms with van der Waals surface area (Å²) in [7, 11) is -2.06. The first-order valence-electron chi connectivity index (χ1n) is 8.01. The summed E-state index contributed by atoms with van der Waals surface area (Å²) in [6.45, 7) is 0.407. The molecule has 26 heavy (non-hydrogen) atoms. The summed E-state index contributed by atoms with van der Waals surface area (Å²) in [5.74, 6) is -1.41. The van der Waals surface area contributed by atoms with Crippen molar-refractivity contribution in [2.24, 2.45) is 13.0 Å². The van der Waals surface area contributed by atoms with Crippen LogP contribution < -0.4 is 5.32 Å². The third kappa shape index (κ3) is 3.89. The largest absolute Gasteiger partial charge is 0.339 e. The third-order valence-corrected chi connectivity index (χ3v) is 6.27. The molecule has 1 aromatic carbocycles. The molecule has 0 saturated carbocycles. The van der Waals surface area contributed by atoms with Crippen LogP contribution in [0.1, 0.15) is 12.8 Å². The number of amides is 1. The van der Waals surface area contributed by atoms with Gasteiger partial charge >= 0.3 is 0 Å². The summed E-state index contributed by atoms with van der Waals surface area (Å²) in [6, 6.07) is 3.89. The number of hydrogen-bond donors (Lipinski definition) is 1. The van der Waals surface area contributed by atoms with E-state index in [-0.39, 0.29) is 22.5 Å². The molecule has 1 atom stereocenters. The maximum Gasteiger partial charge on any atom is 0.262 e. The van der Waals surface area contributed by atoms with E-state index in [4.69, 9.17) is 11.6 Å². The van der Waals surface area contributed by atoms with E-state index < -0.39 is 21.8 Å². The van der Waals surface area contributed by atoms with Crippen molar-refractivity contribution in [3.8, 4) is 0 Å². The van der Waals surface area contributed by atoms with E-state index >= 15 is 0 Å². The van der Waals surface area contributed by atoms with Crippen LogP contribution in [0.3, 0.4) is 0 Å². The van der Waals surface area contributed by atoms with Gasteiger partial charge < -0.3 is 9.88 Å². The highest BCUT2D eigenvalue weighted by Crippen LogP contribution is 2.25. The topological polar surface area (TPSA) is 84.3 Å². The van der Waals surface area contributed by atoms with Crippen molar-refractivity contribution in [3.63, 3.8) is 0 Å². The van der Waals surface area contributed by atoms with E-state index in [1.165, 1.54) is 29.0 Å². The van der Waals surface area contributed by atoms with Crippen LogP contribution in [0.2, 0.25) is 5.02 Å². The number of imidazole rings is 1. The molecule has 2 heterocycles. The van der Waals surface area contributed by atoms with E-state index in [0.29, 0.717) is 25.1 Å². The van der Waals surface area contributed by atoms with Gasteiger partial charge in [-0.1, -0.05) is 11.6 Å². The molecule has 10 heteroatoms. The normalized spacial score (nSPS) is 18.7. The maximum atomic E-state index is 13.2. The Balaban J connectivity index is 1.71. The first-order chi connectivity index (χ1) is 12.3. The number of anilines is 1. The number of nitrogens with one attached hydrogen (secondary N) is 1. The van der Waals surface area contributed by atoms with Crippen molar-refractivity contribution in [1.29, 1.82) is 0 Å². The lowest BCUT2D eigenvalue weighted by atomic mass is 9.99. The van der Waals surface area contributed by atoms with Crippen molar-refractivity contribution in [2.75, 3.05) is 18.4 Å². The van der Waals surface area contributed by atoms with Gasteiger partial charge in [-0.2, -0.15) is 4.31 Å². The van der Waals surface area contributed by atoms with Crippen LogP contribution in [0.25, 0.3) is 0 Å². The minimum atomic E-state index is -3.74. The SMILES string of the molecule is Cn1cnc(S(=O)(=O)N2CCCC(C(=O)Nc3ccc(F)c(Cl)c3)C2)c1. The quantitative estimate of drug-likeness (QED) is 0.853. The van der Waals surface area contributed by atoms with E-state index in [1.54, 1.807) is 11.6 Å². The van der Waals surface area contributed by atoms with Crippen LogP contribution in [0.5, 0.6) is 0 Å². The van der Waals surface area contributed by atoms with Crippen LogP contribution in [-0.2, 0) is 21.9 Å². The molecule has 140 valence electrons. The third-order valence-electron chi connectivity index (χ3n) is 4.23. The van der Waals surface area contributed by atoms with Crippen LogP contribution in [0, 0.1) is 11.7 Å². The number of aryl methyl sites for hydroxylation is 1. The summed E-state index contributed by atoms with van der Waals surface area (Å²) in [4.78, 5) is 16.4. The lowest BCUT2D eigenvalue weighted by Crippen LogP contribution is -2.43. The Morgan fingerprint density at radius 3 is 2.85 bits per heavy atom. The average molecular weight is 401 g/mol. The van der Waals surface area contributed by atoms with Crippen molar-refractivity contribution in [3.05, 3.63) is 41.6 Å². The number of halogens is 2. The molecule has 0 aliphatic carbocycles. The molecule has 1 unspecified atom stereocenters. The van der Waals surface area contributed by atoms with Gasteiger partial charge in [0.1, 0.15) is 5.82 Å². The molecule has 7 nitrogen and oxygen atoms in total. The minimum Gasteiger partial charge on any atom is -0.339 e. The molecule has 0 bridgehead atoms. The molecular weight excluding hydrogens is 383 g/mol. The smallest absolute Gasteiger partial charge is 0.262 e. The molecular formula is C16H18ClFN4O3S. The van der Waals surface area contributed by atoms with E-state index in [2.05, 4.69) is 10.3 Å². The number of sulfonamides is 1. The Morgan fingerprint density at radius 2 is 2.19 bits per heavy atom. The Morgan fingerprint density at radius 1 is 1.42 bits per heavy atom. The van der Waals surface area contributed by atoms with E-state index in [9.17, 15) is 17.6 Å². The van der Waals surface area contributed by atoms with Crippen LogP contribution >= 0.6 is 11.6 Å². The molecule has 1 saturated heterocycles. The highest BCUT2D eigenvalue weighted by molar-refractivity contribution is 7.89. The number of rotatable bonds is 4. The fourth-order valence-electron chi connectivity index (χ4n) is 2.85. The number of benzene rings is 1. The molecule has 1 aliphatic heterocycles. The average Bonchev–Trinajstić information content (AvgIpc) is 3.05. The van der Waals surface area contributed by atoms with Crippen molar-refractivity contribution >= 4 is 33.2 Å². The van der Waals surface area contributed by atoms with Crippen molar-refractivity contribution < 1.29 is 17.6 Å². The molecule has 2 aromatic rings. The van der Waals surface area contributed by atoms with Gasteiger partial charge in [0.2, 0.25) is 5.91 Å². The van der Waals surface area contributed by atoms with Crippen LogP contribution in [-0.4, -0.2) is 41.3 Å². The predicted molar refractivity (Wildman–Crippen MR) is 94.7 cm³/mol. The molecule has 0 spiro atoms. The lowest BCUT2D eigenvalue weighted by molar-refractivity contribution is -0.120. The fourth-order valence-corrected chi connectivity index (χ4v) is 4.52. The Labute approximate surface area is 155 Å². The Kier molecular flexibility index (Phi) is 5.31. The van der Waals surface area contributed by atoms with Gasteiger partial charge in [0, 0.05) is 32.0 Å². The Hall–Kier alpha value is -1.97. The van der Waals surface area contributed by atoms with Gasteiger partial charge in [-0.3, -0.25) is 4.79 Å². The summed E-state index contributed by atoms with van der Waals surface area (Å²) < 4.78 is 41.4. The highest BCUT2D eigenvalue weighted by Gasteiger charge is 2.34. The minimum absolute atomic E-state index is 0.0358. The van der Waals surface area contributed by atoms with Crippen LogP contribution in [0.4, 0.5) is 10.1 Å². The van der Waals surface area contributed by atoms with Gasteiger partial charge in [0.15, 0.2) is 5.03 Å². The zero-order chi connectivity index (χ0) is 18.9. The van der Waals surface area contributed by atoms with Gasteiger partial charge in [-0.05, 0) is 31.0 Å². The predicted octanol–water partition coefficient (Wildman–Crippen LogP) is 2.25. The molecule has 1 amide bonds. The van der Waals surface area contributed by atoms with Crippen molar-refractivity contribution in [1.82, 2.24) is 13.9 Å². The lowest BCUT2D eigenvalue weighted by Gasteiger charge is -2.30. The highest BCUT2D eigenvalue weighted by atomic mass is 35.5. The molecule has 1 N–H and O–H groups in total. The Bertz CT molecular complexity index is 931.